The van der Waals surface area contributed by atoms with Gasteiger partial charge in [-0.25, -0.2) is 9.67 Å². The highest BCUT2D eigenvalue weighted by molar-refractivity contribution is 5.80. The Kier molecular flexibility index (Phi) is 4.71. The normalized spacial score (nSPS) is 18.3. The number of hydrogen-bond donors (Lipinski definition) is 1. The van der Waals surface area contributed by atoms with Crippen LogP contribution in [0.2, 0.25) is 0 Å². The topological polar surface area (TPSA) is 63.1 Å². The fourth-order valence-electron chi connectivity index (χ4n) is 3.07. The molecule has 0 spiro atoms. The summed E-state index contributed by atoms with van der Waals surface area (Å²) in [5.41, 5.74) is 3.24. The first-order valence-corrected chi connectivity index (χ1v) is 8.18. The van der Waals surface area contributed by atoms with Crippen LogP contribution in [-0.4, -0.2) is 38.7 Å². The van der Waals surface area contributed by atoms with Gasteiger partial charge in [0.05, 0.1) is 12.2 Å². The van der Waals surface area contributed by atoms with Crippen LogP contribution in [0.15, 0.2) is 30.9 Å². The van der Waals surface area contributed by atoms with Crippen molar-refractivity contribution < 1.29 is 4.79 Å². The Labute approximate surface area is 136 Å². The van der Waals surface area contributed by atoms with E-state index in [1.165, 1.54) is 19.2 Å². The van der Waals surface area contributed by atoms with E-state index in [4.69, 9.17) is 0 Å². The maximum absolute atomic E-state index is 11.8. The average Bonchev–Trinajstić information content (AvgIpc) is 3.17. The van der Waals surface area contributed by atoms with E-state index in [0.29, 0.717) is 6.54 Å². The Morgan fingerprint density at radius 3 is 2.91 bits per heavy atom. The quantitative estimate of drug-likeness (QED) is 0.831. The largest absolute Gasteiger partial charge is 0.335 e. The van der Waals surface area contributed by atoms with E-state index in [1.807, 2.05) is 6.07 Å². The number of amides is 1. The summed E-state index contributed by atoms with van der Waals surface area (Å²) in [7, 11) is 0. The molecule has 122 valence electrons. The zero-order valence-corrected chi connectivity index (χ0v) is 13.7. The number of aryl methyl sites for hydroxylation is 1. The number of unbranched alkanes of at least 4 members (excludes halogenated alkanes) is 2. The lowest BCUT2D eigenvalue weighted by molar-refractivity contribution is -0.118. The molecule has 0 bridgehead atoms. The van der Waals surface area contributed by atoms with Gasteiger partial charge in [0.25, 0.3) is 0 Å². The molecule has 1 aromatic heterocycles. The van der Waals surface area contributed by atoms with Crippen LogP contribution in [0.1, 0.15) is 43.5 Å². The molecule has 1 atom stereocenters. The molecule has 0 radical (unpaired) electrons. The summed E-state index contributed by atoms with van der Waals surface area (Å²) < 4.78 is 1.76. The molecular weight excluding hydrogens is 290 g/mol. The van der Waals surface area contributed by atoms with Gasteiger partial charge in [0.15, 0.2) is 0 Å². The first kappa shape index (κ1) is 15.7. The van der Waals surface area contributed by atoms with Crippen LogP contribution in [-0.2, 0) is 4.79 Å². The predicted molar refractivity (Wildman–Crippen MR) is 88.1 cm³/mol. The molecule has 1 N–H and O–H groups in total. The molecule has 23 heavy (non-hydrogen) atoms. The minimum Gasteiger partial charge on any atom is -0.335 e. The lowest BCUT2D eigenvalue weighted by atomic mass is 10.1. The fraction of sp³-hybridized carbons (Fsp3) is 0.471. The molecule has 6 nitrogen and oxygen atoms in total. The van der Waals surface area contributed by atoms with Gasteiger partial charge in [0, 0.05) is 6.54 Å². The van der Waals surface area contributed by atoms with Gasteiger partial charge in [0.1, 0.15) is 18.8 Å². The number of carbonyl (C=O) groups excluding carboxylic acids is 1. The van der Waals surface area contributed by atoms with E-state index in [2.05, 4.69) is 46.3 Å². The van der Waals surface area contributed by atoms with E-state index < -0.39 is 0 Å². The summed E-state index contributed by atoms with van der Waals surface area (Å²) in [4.78, 5) is 18.0. The molecule has 1 aliphatic rings. The Bertz CT molecular complexity index is 668. The first-order valence-electron chi connectivity index (χ1n) is 8.18. The third-order valence-corrected chi connectivity index (χ3v) is 4.26. The SMILES string of the molecule is CCCCCN1CC(=O)N[C@@H]1c1ccc(-n2cncn2)c(C)c1. The maximum atomic E-state index is 11.8. The van der Waals surface area contributed by atoms with Crippen LogP contribution in [0, 0.1) is 6.92 Å². The Morgan fingerprint density at radius 2 is 2.22 bits per heavy atom. The van der Waals surface area contributed by atoms with Gasteiger partial charge in [-0.2, -0.15) is 5.10 Å². The third-order valence-electron chi connectivity index (χ3n) is 4.26. The van der Waals surface area contributed by atoms with E-state index in [0.717, 1.165) is 29.8 Å². The van der Waals surface area contributed by atoms with Crippen LogP contribution < -0.4 is 5.32 Å². The molecule has 0 unspecified atom stereocenters. The van der Waals surface area contributed by atoms with Crippen molar-refractivity contribution in [1.82, 2.24) is 25.0 Å². The summed E-state index contributed by atoms with van der Waals surface area (Å²) in [5, 5.41) is 7.26. The van der Waals surface area contributed by atoms with Gasteiger partial charge in [-0.3, -0.25) is 9.69 Å². The molecular formula is C17H23N5O. The molecule has 2 heterocycles. The minimum absolute atomic E-state index is 0.0251. The fourth-order valence-corrected chi connectivity index (χ4v) is 3.07. The number of aromatic nitrogens is 3. The molecule has 0 aliphatic carbocycles. The third kappa shape index (κ3) is 3.42. The van der Waals surface area contributed by atoms with Gasteiger partial charge >= 0.3 is 0 Å². The molecule has 1 amide bonds. The number of hydrogen-bond acceptors (Lipinski definition) is 4. The van der Waals surface area contributed by atoms with Crippen LogP contribution in [0.3, 0.4) is 0 Å². The second-order valence-corrected chi connectivity index (χ2v) is 6.03. The molecule has 1 saturated heterocycles. The lowest BCUT2D eigenvalue weighted by Crippen LogP contribution is -2.28. The molecule has 3 rings (SSSR count). The van der Waals surface area contributed by atoms with Crippen molar-refractivity contribution in [3.63, 3.8) is 0 Å². The second kappa shape index (κ2) is 6.91. The number of nitrogens with one attached hydrogen (secondary N) is 1. The number of carbonyl (C=O) groups is 1. The smallest absolute Gasteiger partial charge is 0.235 e. The second-order valence-electron chi connectivity index (χ2n) is 6.03. The van der Waals surface area contributed by atoms with Gasteiger partial charge in [-0.15, -0.1) is 0 Å². The highest BCUT2D eigenvalue weighted by Crippen LogP contribution is 2.25. The molecule has 1 aliphatic heterocycles. The zero-order chi connectivity index (χ0) is 16.2. The van der Waals surface area contributed by atoms with Crippen LogP contribution in [0.4, 0.5) is 0 Å². The van der Waals surface area contributed by atoms with E-state index in [1.54, 1.807) is 11.0 Å². The van der Waals surface area contributed by atoms with Gasteiger partial charge in [-0.1, -0.05) is 31.9 Å². The van der Waals surface area contributed by atoms with Crippen LogP contribution >= 0.6 is 0 Å². The van der Waals surface area contributed by atoms with Crippen molar-refractivity contribution in [2.75, 3.05) is 13.1 Å². The van der Waals surface area contributed by atoms with Crippen molar-refractivity contribution >= 4 is 5.91 Å². The van der Waals surface area contributed by atoms with Crippen molar-refractivity contribution in [2.24, 2.45) is 0 Å². The van der Waals surface area contributed by atoms with Gasteiger partial charge in [-0.05, 0) is 30.5 Å². The van der Waals surface area contributed by atoms with Crippen molar-refractivity contribution in [3.8, 4) is 5.69 Å². The molecule has 1 aromatic carbocycles. The minimum atomic E-state index is -0.0251. The van der Waals surface area contributed by atoms with Crippen molar-refractivity contribution in [1.29, 1.82) is 0 Å². The van der Waals surface area contributed by atoms with Crippen LogP contribution in [0.5, 0.6) is 0 Å². The van der Waals surface area contributed by atoms with E-state index in [-0.39, 0.29) is 12.1 Å². The summed E-state index contributed by atoms with van der Waals surface area (Å²) in [6.45, 7) is 5.68. The van der Waals surface area contributed by atoms with Crippen molar-refractivity contribution in [2.45, 2.75) is 39.3 Å². The highest BCUT2D eigenvalue weighted by atomic mass is 16.2. The molecule has 2 aromatic rings. The van der Waals surface area contributed by atoms with E-state index in [9.17, 15) is 4.79 Å². The summed E-state index contributed by atoms with van der Waals surface area (Å²) >= 11 is 0. The Balaban J connectivity index is 1.79. The Hall–Kier alpha value is -2.21. The number of benzene rings is 1. The van der Waals surface area contributed by atoms with Crippen LogP contribution in [0.25, 0.3) is 5.69 Å². The Morgan fingerprint density at radius 1 is 1.35 bits per heavy atom. The molecule has 6 heteroatoms. The summed E-state index contributed by atoms with van der Waals surface area (Å²) in [6, 6.07) is 6.22. The molecule has 1 fully saturated rings. The summed E-state index contributed by atoms with van der Waals surface area (Å²) in [5.74, 6) is 0.101. The zero-order valence-electron chi connectivity index (χ0n) is 13.7. The van der Waals surface area contributed by atoms with Gasteiger partial charge in [0.2, 0.25) is 5.91 Å². The number of rotatable bonds is 6. The van der Waals surface area contributed by atoms with E-state index >= 15 is 0 Å². The average molecular weight is 313 g/mol. The number of nitrogens with zero attached hydrogens (tertiary/aromatic N) is 4. The monoisotopic (exact) mass is 313 g/mol. The first-order chi connectivity index (χ1) is 11.2. The summed E-state index contributed by atoms with van der Waals surface area (Å²) in [6.07, 6.45) is 6.70. The van der Waals surface area contributed by atoms with Crippen molar-refractivity contribution in [3.05, 3.63) is 42.0 Å². The highest BCUT2D eigenvalue weighted by Gasteiger charge is 2.30. The lowest BCUT2D eigenvalue weighted by Gasteiger charge is -2.24. The van der Waals surface area contributed by atoms with Gasteiger partial charge < -0.3 is 5.32 Å². The standard InChI is InChI=1S/C17H23N5O/c1-3-4-5-8-21-10-16(23)20-17(21)14-6-7-15(13(2)9-14)22-12-18-11-19-22/h6-7,9,11-12,17H,3-5,8,10H2,1-2H3,(H,20,23)/t17-/m0/s1. The maximum Gasteiger partial charge on any atom is 0.235 e. The predicted octanol–water partition coefficient (Wildman–Crippen LogP) is 2.20. The molecule has 0 saturated carbocycles.